The first-order valence-electron chi connectivity index (χ1n) is 7.41. The summed E-state index contributed by atoms with van der Waals surface area (Å²) in [5.41, 5.74) is 1.08. The van der Waals surface area contributed by atoms with Crippen LogP contribution in [0.2, 0.25) is 0 Å². The summed E-state index contributed by atoms with van der Waals surface area (Å²) in [5.74, 6) is 0. The molecule has 110 valence electrons. The third kappa shape index (κ3) is 4.69. The molecule has 0 fully saturated rings. The monoisotopic (exact) mass is 296 g/mol. The van der Waals surface area contributed by atoms with Crippen LogP contribution in [0.15, 0.2) is 61.2 Å². The summed E-state index contributed by atoms with van der Waals surface area (Å²) in [7, 11) is -1.36. The zero-order chi connectivity index (χ0) is 15.3. The van der Waals surface area contributed by atoms with Crippen LogP contribution < -0.4 is 10.4 Å². The summed E-state index contributed by atoms with van der Waals surface area (Å²) in [5, 5.41) is 2.82. The molecule has 0 saturated heterocycles. The smallest absolute Gasteiger partial charge is 0.130 e. The van der Waals surface area contributed by atoms with E-state index in [-0.39, 0.29) is 5.60 Å². The highest BCUT2D eigenvalue weighted by Gasteiger charge is 2.20. The topological polar surface area (TPSA) is 9.23 Å². The van der Waals surface area contributed by atoms with E-state index in [1.165, 1.54) is 15.9 Å². The summed E-state index contributed by atoms with van der Waals surface area (Å²) in [6.45, 7) is 10.2. The van der Waals surface area contributed by atoms with E-state index in [0.717, 1.165) is 6.23 Å². The third-order valence-corrected chi connectivity index (χ3v) is 6.29. The zero-order valence-electron chi connectivity index (χ0n) is 13.2. The maximum Gasteiger partial charge on any atom is 0.130 e. The predicted molar refractivity (Wildman–Crippen MR) is 95.1 cm³/mol. The van der Waals surface area contributed by atoms with Gasteiger partial charge in [0, 0.05) is 6.23 Å². The van der Waals surface area contributed by atoms with Gasteiger partial charge in [-0.15, -0.1) is 0 Å². The van der Waals surface area contributed by atoms with Crippen LogP contribution in [0, 0.1) is 0 Å². The summed E-state index contributed by atoms with van der Waals surface area (Å²) < 4.78 is 6.11. The van der Waals surface area contributed by atoms with Gasteiger partial charge in [-0.05, 0) is 26.3 Å². The van der Waals surface area contributed by atoms with Crippen molar-refractivity contribution in [3.63, 3.8) is 0 Å². The molecule has 0 radical (unpaired) electrons. The van der Waals surface area contributed by atoms with Crippen molar-refractivity contribution in [1.29, 1.82) is 0 Å². The highest BCUT2D eigenvalue weighted by molar-refractivity contribution is 6.85. The second-order valence-corrected chi connectivity index (χ2v) is 9.03. The van der Waals surface area contributed by atoms with Gasteiger partial charge in [-0.3, -0.25) is 0 Å². The highest BCUT2D eigenvalue weighted by Crippen LogP contribution is 2.08. The lowest BCUT2D eigenvalue weighted by Gasteiger charge is -2.24. The van der Waals surface area contributed by atoms with Crippen LogP contribution in [0.1, 0.15) is 26.3 Å². The van der Waals surface area contributed by atoms with E-state index >= 15 is 0 Å². The van der Waals surface area contributed by atoms with Crippen molar-refractivity contribution in [3.8, 4) is 0 Å². The molecule has 1 unspecified atom stereocenters. The molecule has 0 N–H and O–H groups in total. The van der Waals surface area contributed by atoms with Crippen LogP contribution in [-0.2, 0) is 4.74 Å². The van der Waals surface area contributed by atoms with Gasteiger partial charge in [0.15, 0.2) is 0 Å². The molecule has 0 aliphatic rings. The van der Waals surface area contributed by atoms with E-state index in [0.29, 0.717) is 0 Å². The Morgan fingerprint density at radius 2 is 1.67 bits per heavy atom. The Morgan fingerprint density at radius 3 is 2.29 bits per heavy atom. The molecule has 2 rings (SSSR count). The number of hydrogen-bond donors (Lipinski definition) is 0. The van der Waals surface area contributed by atoms with Crippen molar-refractivity contribution in [2.24, 2.45) is 0 Å². The van der Waals surface area contributed by atoms with E-state index in [9.17, 15) is 0 Å². The lowest BCUT2D eigenvalue weighted by molar-refractivity contribution is 0.0243. The Labute approximate surface area is 129 Å². The Balaban J connectivity index is 2.33. The predicted octanol–water partition coefficient (Wildman–Crippen LogP) is 3.03. The Kier molecular flexibility index (Phi) is 5.15. The average molecular weight is 296 g/mol. The minimum atomic E-state index is -1.36. The van der Waals surface area contributed by atoms with Crippen molar-refractivity contribution in [3.05, 3.63) is 66.7 Å². The van der Waals surface area contributed by atoms with Gasteiger partial charge in [0.2, 0.25) is 0 Å². The van der Waals surface area contributed by atoms with E-state index in [4.69, 9.17) is 4.74 Å². The molecule has 21 heavy (non-hydrogen) atoms. The number of ether oxygens (including phenoxy) is 1. The van der Waals surface area contributed by atoms with Crippen LogP contribution in [0.5, 0.6) is 0 Å². The minimum Gasteiger partial charge on any atom is -0.379 e. The van der Waals surface area contributed by atoms with E-state index in [2.05, 4.69) is 81.9 Å². The van der Waals surface area contributed by atoms with Gasteiger partial charge in [0.05, 0.1) is 5.60 Å². The maximum absolute atomic E-state index is 6.11. The summed E-state index contributed by atoms with van der Waals surface area (Å²) in [4.78, 5) is 0. The zero-order valence-corrected chi connectivity index (χ0v) is 14.3. The molecule has 0 aliphatic carbocycles. The van der Waals surface area contributed by atoms with E-state index in [1.807, 2.05) is 6.08 Å². The van der Waals surface area contributed by atoms with Crippen LogP contribution >= 0.6 is 0 Å². The lowest BCUT2D eigenvalue weighted by atomic mass is 10.2. The molecule has 2 aromatic carbocycles. The van der Waals surface area contributed by atoms with Crippen LogP contribution in [-0.4, -0.2) is 20.6 Å². The lowest BCUT2D eigenvalue weighted by Crippen LogP contribution is -2.48. The molecular weight excluding hydrogens is 272 g/mol. The number of benzene rings is 2. The number of rotatable bonds is 5. The Bertz CT molecular complexity index is 584. The van der Waals surface area contributed by atoms with Gasteiger partial charge < -0.3 is 4.74 Å². The fourth-order valence-electron chi connectivity index (χ4n) is 2.31. The Morgan fingerprint density at radius 1 is 1.00 bits per heavy atom. The van der Waals surface area contributed by atoms with Gasteiger partial charge in [-0.25, -0.2) is 0 Å². The van der Waals surface area contributed by atoms with Crippen molar-refractivity contribution >= 4 is 25.2 Å². The van der Waals surface area contributed by atoms with Gasteiger partial charge >= 0.3 is 0 Å². The summed E-state index contributed by atoms with van der Waals surface area (Å²) >= 11 is 0. The molecule has 0 saturated carbocycles. The molecule has 2 aromatic rings. The number of hydrogen-bond acceptors (Lipinski definition) is 1. The van der Waals surface area contributed by atoms with Crippen LogP contribution in [0.4, 0.5) is 0 Å². The van der Waals surface area contributed by atoms with Crippen molar-refractivity contribution in [1.82, 2.24) is 0 Å². The van der Waals surface area contributed by atoms with E-state index in [1.54, 1.807) is 0 Å². The average Bonchev–Trinajstić information content (AvgIpc) is 2.48. The second kappa shape index (κ2) is 6.88. The molecule has 0 bridgehead atoms. The molecule has 2 heteroatoms. The third-order valence-electron chi connectivity index (χ3n) is 3.43. The molecule has 1 atom stereocenters. The molecule has 0 heterocycles. The molecule has 0 spiro atoms. The first kappa shape index (κ1) is 15.7. The first-order valence-corrected chi connectivity index (χ1v) is 9.38. The SMILES string of the molecule is C=Cc1cccc([SiH](COC(C)(C)C)c2ccccc2)c1. The molecule has 1 nitrogen and oxygen atoms in total. The molecule has 0 aromatic heterocycles. The fraction of sp³-hybridized carbons (Fsp3) is 0.263. The van der Waals surface area contributed by atoms with Crippen LogP contribution in [0.25, 0.3) is 6.08 Å². The van der Waals surface area contributed by atoms with Gasteiger partial charge in [-0.1, -0.05) is 77.6 Å². The fourth-order valence-corrected chi connectivity index (χ4v) is 5.17. The van der Waals surface area contributed by atoms with Gasteiger partial charge in [-0.2, -0.15) is 0 Å². The molecular formula is C19H24OSi. The first-order chi connectivity index (χ1) is 9.99. The summed E-state index contributed by atoms with van der Waals surface area (Å²) in [6, 6.07) is 19.4. The molecule has 0 amide bonds. The normalized spacial score (nSPS) is 12.9. The van der Waals surface area contributed by atoms with Crippen molar-refractivity contribution in [2.45, 2.75) is 26.4 Å². The minimum absolute atomic E-state index is 0.101. The van der Waals surface area contributed by atoms with Gasteiger partial charge in [0.25, 0.3) is 0 Å². The largest absolute Gasteiger partial charge is 0.379 e. The standard InChI is InChI=1S/C19H24OSi/c1-5-16-10-9-13-18(14-16)21(15-20-19(2,3)4)17-11-7-6-8-12-17/h5-14,21H,1,15H2,2-4H3. The van der Waals surface area contributed by atoms with Crippen molar-refractivity contribution in [2.75, 3.05) is 6.23 Å². The second-order valence-electron chi connectivity index (χ2n) is 6.26. The molecule has 0 aliphatic heterocycles. The van der Waals surface area contributed by atoms with E-state index < -0.39 is 8.80 Å². The quantitative estimate of drug-likeness (QED) is 0.771. The van der Waals surface area contributed by atoms with Crippen molar-refractivity contribution < 1.29 is 4.74 Å². The van der Waals surface area contributed by atoms with Crippen LogP contribution in [0.3, 0.4) is 0 Å². The Hall–Kier alpha value is -1.64. The highest BCUT2D eigenvalue weighted by atomic mass is 28.3. The summed E-state index contributed by atoms with van der Waals surface area (Å²) in [6.07, 6.45) is 2.72. The van der Waals surface area contributed by atoms with Gasteiger partial charge in [0.1, 0.15) is 8.80 Å². The maximum atomic E-state index is 6.11.